The van der Waals surface area contributed by atoms with Crippen LogP contribution in [0.25, 0.3) is 0 Å². The lowest BCUT2D eigenvalue weighted by molar-refractivity contribution is -0.384. The zero-order valence-corrected chi connectivity index (χ0v) is 17.7. The van der Waals surface area contributed by atoms with Gasteiger partial charge in [-0.05, 0) is 48.0 Å². The van der Waals surface area contributed by atoms with E-state index in [1.807, 2.05) is 32.0 Å². The minimum Gasteiger partial charge on any atom is -0.493 e. The van der Waals surface area contributed by atoms with Gasteiger partial charge in [0.05, 0.1) is 34.2 Å². The molecule has 1 aliphatic rings. The molecule has 0 radical (unpaired) electrons. The Hall–Kier alpha value is -3.58. The first-order valence-corrected chi connectivity index (χ1v) is 10.0. The Balaban J connectivity index is 1.54. The number of non-ortho nitro benzene ring substituents is 1. The van der Waals surface area contributed by atoms with Gasteiger partial charge in [0.2, 0.25) is 0 Å². The Morgan fingerprint density at radius 1 is 0.968 bits per heavy atom. The molecule has 0 aliphatic carbocycles. The molecular weight excluding hydrogens is 418 g/mol. The number of carbonyl (C=O) groups excluding carboxylic acids is 1. The van der Waals surface area contributed by atoms with E-state index in [1.165, 1.54) is 12.1 Å². The standard InChI is InChI=1S/C23H20ClN3O4/c1-23(2,13-31-17-7-5-16(6-8-17)27(29)30)14-3-10-19-21(11-14)26-22(28)18-9-4-15(24)12-20(18)25-19/h3-12,25H,13H2,1-2H3,(H,26,28). The number of anilines is 3. The van der Waals surface area contributed by atoms with E-state index in [0.717, 1.165) is 11.3 Å². The predicted octanol–water partition coefficient (Wildman–Crippen LogP) is 5.91. The third-order valence-electron chi connectivity index (χ3n) is 5.19. The largest absolute Gasteiger partial charge is 0.493 e. The quantitative estimate of drug-likeness (QED) is 0.382. The minimum absolute atomic E-state index is 0.0166. The van der Waals surface area contributed by atoms with Crippen molar-refractivity contribution < 1.29 is 14.5 Å². The van der Waals surface area contributed by atoms with E-state index in [2.05, 4.69) is 10.6 Å². The molecule has 0 saturated carbocycles. The normalized spacial score (nSPS) is 12.7. The second-order valence-corrected chi connectivity index (χ2v) is 8.39. The zero-order chi connectivity index (χ0) is 22.2. The van der Waals surface area contributed by atoms with Crippen LogP contribution in [-0.4, -0.2) is 17.4 Å². The monoisotopic (exact) mass is 437 g/mol. The number of nitro benzene ring substituents is 1. The summed E-state index contributed by atoms with van der Waals surface area (Å²) in [5, 5.41) is 17.6. The molecule has 1 heterocycles. The van der Waals surface area contributed by atoms with Crippen molar-refractivity contribution in [2.45, 2.75) is 19.3 Å². The number of rotatable bonds is 5. The Bertz CT molecular complexity index is 1180. The molecule has 0 unspecified atom stereocenters. The number of nitro groups is 1. The number of ether oxygens (including phenoxy) is 1. The maximum absolute atomic E-state index is 12.7. The number of hydrogen-bond acceptors (Lipinski definition) is 5. The molecule has 0 bridgehead atoms. The highest BCUT2D eigenvalue weighted by Gasteiger charge is 2.25. The molecule has 4 rings (SSSR count). The SMILES string of the molecule is CC(C)(COc1ccc([N+](=O)[O-])cc1)c1ccc2c(c1)NC(=O)c1ccc(Cl)cc1N2. The Morgan fingerprint density at radius 2 is 1.71 bits per heavy atom. The molecule has 3 aromatic carbocycles. The van der Waals surface area contributed by atoms with Crippen molar-refractivity contribution in [3.8, 4) is 5.75 Å². The average Bonchev–Trinajstić information content (AvgIpc) is 2.87. The van der Waals surface area contributed by atoms with Gasteiger partial charge in [-0.15, -0.1) is 0 Å². The van der Waals surface area contributed by atoms with Gasteiger partial charge in [-0.3, -0.25) is 14.9 Å². The summed E-state index contributed by atoms with van der Waals surface area (Å²) in [6, 6.07) is 16.9. The fourth-order valence-electron chi connectivity index (χ4n) is 3.34. The number of benzene rings is 3. The van der Waals surface area contributed by atoms with Gasteiger partial charge in [0.15, 0.2) is 0 Å². The highest BCUT2D eigenvalue weighted by atomic mass is 35.5. The molecule has 3 aromatic rings. The van der Waals surface area contributed by atoms with E-state index >= 15 is 0 Å². The zero-order valence-electron chi connectivity index (χ0n) is 16.9. The van der Waals surface area contributed by atoms with Crippen molar-refractivity contribution in [2.75, 3.05) is 17.2 Å². The molecule has 0 fully saturated rings. The van der Waals surface area contributed by atoms with Gasteiger partial charge in [-0.25, -0.2) is 0 Å². The van der Waals surface area contributed by atoms with E-state index in [9.17, 15) is 14.9 Å². The highest BCUT2D eigenvalue weighted by molar-refractivity contribution is 6.31. The van der Waals surface area contributed by atoms with Crippen LogP contribution >= 0.6 is 11.6 Å². The van der Waals surface area contributed by atoms with Crippen LogP contribution in [0.2, 0.25) is 5.02 Å². The van der Waals surface area contributed by atoms with Gasteiger partial charge >= 0.3 is 0 Å². The van der Waals surface area contributed by atoms with Crippen LogP contribution in [-0.2, 0) is 5.41 Å². The number of hydrogen-bond donors (Lipinski definition) is 2. The van der Waals surface area contributed by atoms with Crippen LogP contribution in [0.4, 0.5) is 22.7 Å². The lowest BCUT2D eigenvalue weighted by atomic mass is 9.85. The van der Waals surface area contributed by atoms with Crippen LogP contribution in [0.1, 0.15) is 29.8 Å². The molecule has 2 N–H and O–H groups in total. The summed E-state index contributed by atoms with van der Waals surface area (Å²) in [5.41, 5.74) is 3.20. The maximum Gasteiger partial charge on any atom is 0.269 e. The summed E-state index contributed by atoms with van der Waals surface area (Å²) in [6.07, 6.45) is 0. The second-order valence-electron chi connectivity index (χ2n) is 7.95. The molecule has 0 aromatic heterocycles. The molecule has 0 saturated heterocycles. The molecule has 8 heteroatoms. The second kappa shape index (κ2) is 7.92. The smallest absolute Gasteiger partial charge is 0.269 e. The first-order chi connectivity index (χ1) is 14.7. The summed E-state index contributed by atoms with van der Waals surface area (Å²) in [6.45, 7) is 4.40. The van der Waals surface area contributed by atoms with Crippen molar-refractivity contribution in [3.63, 3.8) is 0 Å². The number of carbonyl (C=O) groups is 1. The minimum atomic E-state index is -0.446. The van der Waals surface area contributed by atoms with Crippen LogP contribution < -0.4 is 15.4 Å². The third-order valence-corrected chi connectivity index (χ3v) is 5.43. The van der Waals surface area contributed by atoms with Crippen LogP contribution in [0.5, 0.6) is 5.75 Å². The Kier molecular flexibility index (Phi) is 5.29. The third kappa shape index (κ3) is 4.32. The summed E-state index contributed by atoms with van der Waals surface area (Å²) >= 11 is 6.08. The van der Waals surface area contributed by atoms with E-state index < -0.39 is 4.92 Å². The van der Waals surface area contributed by atoms with Crippen LogP contribution in [0.3, 0.4) is 0 Å². The molecule has 31 heavy (non-hydrogen) atoms. The van der Waals surface area contributed by atoms with Gasteiger partial charge in [0.1, 0.15) is 5.75 Å². The molecule has 0 spiro atoms. The van der Waals surface area contributed by atoms with Gasteiger partial charge in [0, 0.05) is 22.6 Å². The van der Waals surface area contributed by atoms with Crippen LogP contribution in [0, 0.1) is 10.1 Å². The van der Waals surface area contributed by atoms with Crippen molar-refractivity contribution in [2.24, 2.45) is 0 Å². The van der Waals surface area contributed by atoms with Crippen molar-refractivity contribution in [1.29, 1.82) is 0 Å². The molecule has 158 valence electrons. The summed E-state index contributed by atoms with van der Waals surface area (Å²) in [5.74, 6) is 0.339. The van der Waals surface area contributed by atoms with Gasteiger partial charge in [-0.1, -0.05) is 31.5 Å². The van der Waals surface area contributed by atoms with Gasteiger partial charge in [0.25, 0.3) is 11.6 Å². The lowest BCUT2D eigenvalue weighted by Gasteiger charge is -2.26. The summed E-state index contributed by atoms with van der Waals surface area (Å²) in [4.78, 5) is 23.0. The first kappa shape index (κ1) is 20.7. The lowest BCUT2D eigenvalue weighted by Crippen LogP contribution is -2.26. The fourth-order valence-corrected chi connectivity index (χ4v) is 3.51. The predicted molar refractivity (Wildman–Crippen MR) is 121 cm³/mol. The number of amides is 1. The molecule has 1 aliphatic heterocycles. The molecule has 7 nitrogen and oxygen atoms in total. The number of nitrogens with one attached hydrogen (secondary N) is 2. The van der Waals surface area contributed by atoms with E-state index in [1.54, 1.807) is 30.3 Å². The maximum atomic E-state index is 12.7. The van der Waals surface area contributed by atoms with E-state index in [0.29, 0.717) is 34.3 Å². The topological polar surface area (TPSA) is 93.5 Å². The summed E-state index contributed by atoms with van der Waals surface area (Å²) in [7, 11) is 0. The first-order valence-electron chi connectivity index (χ1n) is 9.63. The summed E-state index contributed by atoms with van der Waals surface area (Å²) < 4.78 is 5.87. The van der Waals surface area contributed by atoms with Crippen molar-refractivity contribution in [3.05, 3.63) is 86.9 Å². The van der Waals surface area contributed by atoms with Crippen molar-refractivity contribution >= 4 is 40.3 Å². The highest BCUT2D eigenvalue weighted by Crippen LogP contribution is 2.36. The molecule has 1 amide bonds. The Morgan fingerprint density at radius 3 is 2.42 bits per heavy atom. The fraction of sp³-hybridized carbons (Fsp3) is 0.174. The van der Waals surface area contributed by atoms with E-state index in [4.69, 9.17) is 16.3 Å². The van der Waals surface area contributed by atoms with Crippen LogP contribution in [0.15, 0.2) is 60.7 Å². The van der Waals surface area contributed by atoms with Gasteiger partial charge in [-0.2, -0.15) is 0 Å². The van der Waals surface area contributed by atoms with Crippen molar-refractivity contribution in [1.82, 2.24) is 0 Å². The molecule has 0 atom stereocenters. The molecular formula is C23H20ClN3O4. The number of fused-ring (bicyclic) bond motifs is 2. The number of nitrogens with zero attached hydrogens (tertiary/aromatic N) is 1. The van der Waals surface area contributed by atoms with Gasteiger partial charge < -0.3 is 15.4 Å². The van der Waals surface area contributed by atoms with E-state index in [-0.39, 0.29) is 17.0 Å². The average molecular weight is 438 g/mol. The Labute approximate surface area is 184 Å². The number of halogens is 1.